The van der Waals surface area contributed by atoms with E-state index in [-0.39, 0.29) is 5.41 Å². The zero-order valence-corrected chi connectivity index (χ0v) is 12.1. The first-order chi connectivity index (χ1) is 8.65. The van der Waals surface area contributed by atoms with Gasteiger partial charge in [-0.3, -0.25) is 0 Å². The number of hydrogen-bond donors (Lipinski definition) is 2. The number of aliphatic hydroxyl groups excluding tert-OH is 1. The lowest BCUT2D eigenvalue weighted by Gasteiger charge is -2.36. The van der Waals surface area contributed by atoms with Gasteiger partial charge in [0.1, 0.15) is 0 Å². The molecule has 0 bridgehead atoms. The molecule has 1 saturated carbocycles. The average molecular weight is 254 g/mol. The molecule has 2 rings (SSSR count). The highest BCUT2D eigenvalue weighted by Crippen LogP contribution is 2.37. The molecule has 1 heterocycles. The van der Waals surface area contributed by atoms with Gasteiger partial charge < -0.3 is 15.3 Å². The van der Waals surface area contributed by atoms with Gasteiger partial charge in [-0.1, -0.05) is 12.8 Å². The molecule has 1 saturated heterocycles. The molecule has 2 fully saturated rings. The Hall–Kier alpha value is -0.120. The lowest BCUT2D eigenvalue weighted by atomic mass is 9.85. The van der Waals surface area contributed by atoms with Crippen LogP contribution >= 0.6 is 0 Å². The zero-order valence-electron chi connectivity index (χ0n) is 12.1. The monoisotopic (exact) mass is 254 g/mol. The van der Waals surface area contributed by atoms with Gasteiger partial charge in [0.2, 0.25) is 0 Å². The molecule has 2 aliphatic rings. The van der Waals surface area contributed by atoms with E-state index in [4.69, 9.17) is 0 Å². The Balaban J connectivity index is 1.78. The van der Waals surface area contributed by atoms with Crippen LogP contribution in [0, 0.1) is 11.3 Å². The van der Waals surface area contributed by atoms with Gasteiger partial charge in [-0.05, 0) is 52.1 Å². The van der Waals surface area contributed by atoms with Crippen LogP contribution in [0.25, 0.3) is 0 Å². The van der Waals surface area contributed by atoms with E-state index in [1.54, 1.807) is 0 Å². The Bertz CT molecular complexity index is 251. The van der Waals surface area contributed by atoms with Crippen molar-refractivity contribution in [2.45, 2.75) is 51.5 Å². The van der Waals surface area contributed by atoms with E-state index in [1.165, 1.54) is 51.6 Å². The van der Waals surface area contributed by atoms with Crippen LogP contribution in [0.1, 0.15) is 45.4 Å². The third kappa shape index (κ3) is 3.46. The SMILES string of the molecule is CC(NCC1(CO)CCCC1)C1CCCN(C)C1. The topological polar surface area (TPSA) is 35.5 Å². The molecule has 0 amide bonds. The van der Waals surface area contributed by atoms with Crippen molar-refractivity contribution in [3.8, 4) is 0 Å². The summed E-state index contributed by atoms with van der Waals surface area (Å²) in [7, 11) is 2.23. The molecule has 106 valence electrons. The minimum Gasteiger partial charge on any atom is -0.396 e. The first-order valence-electron chi connectivity index (χ1n) is 7.68. The maximum absolute atomic E-state index is 9.63. The summed E-state index contributed by atoms with van der Waals surface area (Å²) in [5.74, 6) is 0.779. The van der Waals surface area contributed by atoms with Gasteiger partial charge >= 0.3 is 0 Å². The van der Waals surface area contributed by atoms with E-state index >= 15 is 0 Å². The van der Waals surface area contributed by atoms with Crippen LogP contribution in [0.5, 0.6) is 0 Å². The van der Waals surface area contributed by atoms with E-state index in [0.717, 1.165) is 12.5 Å². The van der Waals surface area contributed by atoms with Gasteiger partial charge in [0, 0.05) is 31.2 Å². The Kier molecular flexibility index (Phi) is 5.05. The molecule has 1 aliphatic carbocycles. The number of nitrogens with one attached hydrogen (secondary N) is 1. The average Bonchev–Trinajstić information content (AvgIpc) is 2.85. The van der Waals surface area contributed by atoms with Gasteiger partial charge in [0.25, 0.3) is 0 Å². The van der Waals surface area contributed by atoms with Gasteiger partial charge in [-0.25, -0.2) is 0 Å². The van der Waals surface area contributed by atoms with Gasteiger partial charge in [0.05, 0.1) is 0 Å². The van der Waals surface area contributed by atoms with E-state index in [1.807, 2.05) is 0 Å². The maximum Gasteiger partial charge on any atom is 0.0499 e. The second-order valence-corrected chi connectivity index (χ2v) is 6.70. The summed E-state index contributed by atoms with van der Waals surface area (Å²) in [6.45, 7) is 6.16. The molecular weight excluding hydrogens is 224 g/mol. The smallest absolute Gasteiger partial charge is 0.0499 e. The second kappa shape index (κ2) is 6.36. The maximum atomic E-state index is 9.63. The largest absolute Gasteiger partial charge is 0.396 e. The van der Waals surface area contributed by atoms with Crippen molar-refractivity contribution in [2.24, 2.45) is 11.3 Å². The van der Waals surface area contributed by atoms with Crippen LogP contribution in [0.4, 0.5) is 0 Å². The predicted molar refractivity (Wildman–Crippen MR) is 75.7 cm³/mol. The minimum absolute atomic E-state index is 0.189. The van der Waals surface area contributed by atoms with Crippen molar-refractivity contribution < 1.29 is 5.11 Å². The number of likely N-dealkylation sites (tertiary alicyclic amines) is 1. The quantitative estimate of drug-likeness (QED) is 0.786. The summed E-state index contributed by atoms with van der Waals surface area (Å²) in [5, 5.41) is 13.4. The van der Waals surface area contributed by atoms with E-state index < -0.39 is 0 Å². The summed E-state index contributed by atoms with van der Waals surface area (Å²) in [6, 6.07) is 0.580. The normalized spacial score (nSPS) is 30.5. The molecule has 2 unspecified atom stereocenters. The highest BCUT2D eigenvalue weighted by atomic mass is 16.3. The van der Waals surface area contributed by atoms with Crippen molar-refractivity contribution in [3.05, 3.63) is 0 Å². The molecule has 0 radical (unpaired) electrons. The first kappa shape index (κ1) is 14.3. The molecule has 0 aromatic heterocycles. The molecule has 3 heteroatoms. The lowest BCUT2D eigenvalue weighted by Crippen LogP contribution is -2.46. The molecule has 0 aromatic rings. The molecule has 1 aliphatic heterocycles. The van der Waals surface area contributed by atoms with Crippen molar-refractivity contribution in [2.75, 3.05) is 33.3 Å². The number of hydrogen-bond acceptors (Lipinski definition) is 3. The second-order valence-electron chi connectivity index (χ2n) is 6.70. The highest BCUT2D eigenvalue weighted by Gasteiger charge is 2.34. The van der Waals surface area contributed by atoms with Crippen LogP contribution in [-0.4, -0.2) is 49.3 Å². The first-order valence-corrected chi connectivity index (χ1v) is 7.68. The van der Waals surface area contributed by atoms with Crippen molar-refractivity contribution in [3.63, 3.8) is 0 Å². The van der Waals surface area contributed by atoms with Crippen LogP contribution in [-0.2, 0) is 0 Å². The Labute approximate surface area is 112 Å². The summed E-state index contributed by atoms with van der Waals surface area (Å²) in [6.07, 6.45) is 7.68. The number of rotatable bonds is 5. The molecule has 2 N–H and O–H groups in total. The van der Waals surface area contributed by atoms with Crippen LogP contribution < -0.4 is 5.32 Å². The van der Waals surface area contributed by atoms with Crippen molar-refractivity contribution >= 4 is 0 Å². The molecule has 18 heavy (non-hydrogen) atoms. The van der Waals surface area contributed by atoms with E-state index in [9.17, 15) is 5.11 Å². The molecule has 0 aromatic carbocycles. The van der Waals surface area contributed by atoms with Crippen molar-refractivity contribution in [1.82, 2.24) is 10.2 Å². The Morgan fingerprint density at radius 2 is 2.06 bits per heavy atom. The molecule has 3 nitrogen and oxygen atoms in total. The van der Waals surface area contributed by atoms with Gasteiger partial charge in [0.15, 0.2) is 0 Å². The summed E-state index contributed by atoms with van der Waals surface area (Å²) in [4.78, 5) is 2.45. The third-order valence-corrected chi connectivity index (χ3v) is 5.17. The highest BCUT2D eigenvalue weighted by molar-refractivity contribution is 4.88. The van der Waals surface area contributed by atoms with Crippen LogP contribution in [0.3, 0.4) is 0 Å². The lowest BCUT2D eigenvalue weighted by molar-refractivity contribution is 0.114. The fourth-order valence-electron chi connectivity index (χ4n) is 3.67. The van der Waals surface area contributed by atoms with Crippen molar-refractivity contribution in [1.29, 1.82) is 0 Å². The van der Waals surface area contributed by atoms with Crippen LogP contribution in [0.2, 0.25) is 0 Å². The molecular formula is C15H30N2O. The zero-order chi connectivity index (χ0) is 13.0. The van der Waals surface area contributed by atoms with E-state index in [2.05, 4.69) is 24.2 Å². The Morgan fingerprint density at radius 3 is 2.67 bits per heavy atom. The third-order valence-electron chi connectivity index (χ3n) is 5.17. The van der Waals surface area contributed by atoms with Gasteiger partial charge in [-0.2, -0.15) is 0 Å². The fourth-order valence-corrected chi connectivity index (χ4v) is 3.67. The fraction of sp³-hybridized carbons (Fsp3) is 1.00. The number of aliphatic hydroxyl groups is 1. The summed E-state index contributed by atoms with van der Waals surface area (Å²) < 4.78 is 0. The van der Waals surface area contributed by atoms with Crippen LogP contribution in [0.15, 0.2) is 0 Å². The molecule has 0 spiro atoms. The molecule has 2 atom stereocenters. The Morgan fingerprint density at radius 1 is 1.33 bits per heavy atom. The standard InChI is InChI=1S/C15H30N2O/c1-13(14-6-5-9-17(2)10-14)16-11-15(12-18)7-3-4-8-15/h13-14,16,18H,3-12H2,1-2H3. The summed E-state index contributed by atoms with van der Waals surface area (Å²) in [5.41, 5.74) is 0.189. The minimum atomic E-state index is 0.189. The number of piperidine rings is 1. The number of nitrogens with zero attached hydrogens (tertiary/aromatic N) is 1. The van der Waals surface area contributed by atoms with Gasteiger partial charge in [-0.15, -0.1) is 0 Å². The van der Waals surface area contributed by atoms with E-state index in [0.29, 0.717) is 12.6 Å². The summed E-state index contributed by atoms with van der Waals surface area (Å²) >= 11 is 0. The predicted octanol–water partition coefficient (Wildman–Crippen LogP) is 1.86.